The molecule has 0 saturated carbocycles. The number of rotatable bonds is 6. The van der Waals surface area contributed by atoms with Crippen LogP contribution in [-0.2, 0) is 17.5 Å². The number of fused-ring (bicyclic) bond motifs is 2. The highest BCUT2D eigenvalue weighted by Crippen LogP contribution is 2.42. The Hall–Kier alpha value is -3.50. The van der Waals surface area contributed by atoms with Gasteiger partial charge in [0, 0.05) is 35.3 Å². The van der Waals surface area contributed by atoms with Crippen LogP contribution >= 0.6 is 11.6 Å². The number of halogens is 4. The number of hydrogen-bond acceptors (Lipinski definition) is 8. The van der Waals surface area contributed by atoms with Gasteiger partial charge < -0.3 is 19.8 Å². The summed E-state index contributed by atoms with van der Waals surface area (Å²) in [5.41, 5.74) is -0.895. The molecule has 0 unspecified atom stereocenters. The Kier molecular flexibility index (Phi) is 6.17. The molecule has 36 heavy (non-hydrogen) atoms. The van der Waals surface area contributed by atoms with Crippen LogP contribution in [-0.4, -0.2) is 62.2 Å². The minimum Gasteiger partial charge on any atom is -0.394 e. The van der Waals surface area contributed by atoms with Crippen LogP contribution in [0.25, 0.3) is 27.7 Å². The highest BCUT2D eigenvalue weighted by molar-refractivity contribution is 6.31. The van der Waals surface area contributed by atoms with Gasteiger partial charge in [0.2, 0.25) is 0 Å². The number of alkyl halides is 3. The molecule has 0 atom stereocenters. The quantitative estimate of drug-likeness (QED) is 0.399. The fourth-order valence-electron chi connectivity index (χ4n) is 4.34. The fraction of sp³-hybridized carbons (Fsp3) is 0.304. The lowest BCUT2D eigenvalue weighted by atomic mass is 9.98. The number of aromatic nitrogens is 4. The van der Waals surface area contributed by atoms with E-state index in [4.69, 9.17) is 21.4 Å². The minimum absolute atomic E-state index is 0.0739. The van der Waals surface area contributed by atoms with E-state index in [1.54, 1.807) is 35.2 Å². The maximum atomic E-state index is 13.8. The molecule has 0 spiro atoms. The molecule has 9 nitrogen and oxygen atoms in total. The average Bonchev–Trinajstić information content (AvgIpc) is 3.21. The molecule has 4 heterocycles. The Bertz CT molecular complexity index is 1510. The van der Waals surface area contributed by atoms with Gasteiger partial charge in [0.15, 0.2) is 11.3 Å². The van der Waals surface area contributed by atoms with E-state index in [9.17, 15) is 23.5 Å². The highest BCUT2D eigenvalue weighted by Gasteiger charge is 2.41. The number of ether oxygens (including phenoxy) is 1. The number of nitrogens with zero attached hydrogens (tertiary/aromatic N) is 6. The van der Waals surface area contributed by atoms with Crippen molar-refractivity contribution in [3.8, 4) is 17.2 Å². The summed E-state index contributed by atoms with van der Waals surface area (Å²) in [4.78, 5) is 10.3. The van der Waals surface area contributed by atoms with E-state index < -0.39 is 24.0 Å². The molecule has 0 radical (unpaired) electrons. The first-order chi connectivity index (χ1) is 17.3. The van der Waals surface area contributed by atoms with E-state index in [2.05, 4.69) is 15.1 Å². The fourth-order valence-corrected chi connectivity index (χ4v) is 4.50. The Morgan fingerprint density at radius 2 is 2.00 bits per heavy atom. The SMILES string of the molecule is N#Cc1c(C(F)(F)F)nn2c(N3CC(OCCO)C3)c(-c3ccnc4cc(Cl)ccc34)c(CO)nc12. The van der Waals surface area contributed by atoms with Crippen LogP contribution in [0.15, 0.2) is 30.5 Å². The van der Waals surface area contributed by atoms with E-state index >= 15 is 0 Å². The van der Waals surface area contributed by atoms with Crippen molar-refractivity contribution >= 4 is 34.0 Å². The van der Waals surface area contributed by atoms with Gasteiger partial charge >= 0.3 is 6.18 Å². The Morgan fingerprint density at radius 1 is 1.22 bits per heavy atom. The van der Waals surface area contributed by atoms with Gasteiger partial charge in [0.25, 0.3) is 0 Å². The van der Waals surface area contributed by atoms with Crippen LogP contribution < -0.4 is 4.90 Å². The van der Waals surface area contributed by atoms with E-state index in [0.29, 0.717) is 27.1 Å². The summed E-state index contributed by atoms with van der Waals surface area (Å²) < 4.78 is 47.9. The van der Waals surface area contributed by atoms with E-state index in [-0.39, 0.29) is 49.6 Å². The molecule has 5 rings (SSSR count). The lowest BCUT2D eigenvalue weighted by Gasteiger charge is -2.41. The second kappa shape index (κ2) is 9.18. The Labute approximate surface area is 206 Å². The lowest BCUT2D eigenvalue weighted by molar-refractivity contribution is -0.141. The van der Waals surface area contributed by atoms with Gasteiger partial charge in [-0.25, -0.2) is 4.98 Å². The highest BCUT2D eigenvalue weighted by atomic mass is 35.5. The minimum atomic E-state index is -4.89. The molecule has 1 fully saturated rings. The summed E-state index contributed by atoms with van der Waals surface area (Å²) in [5, 5.41) is 33.7. The van der Waals surface area contributed by atoms with Crippen molar-refractivity contribution < 1.29 is 28.1 Å². The van der Waals surface area contributed by atoms with Crippen LogP contribution in [0.2, 0.25) is 5.02 Å². The predicted octanol–water partition coefficient (Wildman–Crippen LogP) is 3.18. The topological polar surface area (TPSA) is 120 Å². The predicted molar refractivity (Wildman–Crippen MR) is 123 cm³/mol. The molecule has 1 aromatic carbocycles. The van der Waals surface area contributed by atoms with Crippen LogP contribution in [0.3, 0.4) is 0 Å². The van der Waals surface area contributed by atoms with E-state index in [1.807, 2.05) is 0 Å². The first kappa shape index (κ1) is 24.2. The number of benzene rings is 1. The summed E-state index contributed by atoms with van der Waals surface area (Å²) in [6.07, 6.45) is -3.64. The number of anilines is 1. The third kappa shape index (κ3) is 4.00. The maximum Gasteiger partial charge on any atom is 0.436 e. The van der Waals surface area contributed by atoms with Crippen LogP contribution in [0.1, 0.15) is 17.0 Å². The number of nitriles is 1. The van der Waals surface area contributed by atoms with Crippen LogP contribution in [0.5, 0.6) is 0 Å². The smallest absolute Gasteiger partial charge is 0.394 e. The molecule has 0 amide bonds. The third-order valence-corrected chi connectivity index (χ3v) is 6.15. The zero-order valence-electron chi connectivity index (χ0n) is 18.5. The molecule has 0 aliphatic carbocycles. The summed E-state index contributed by atoms with van der Waals surface area (Å²) in [7, 11) is 0. The van der Waals surface area contributed by atoms with Gasteiger partial charge in [-0.2, -0.15) is 28.0 Å². The summed E-state index contributed by atoms with van der Waals surface area (Å²) in [6, 6.07) is 8.27. The summed E-state index contributed by atoms with van der Waals surface area (Å²) >= 11 is 6.12. The second-order valence-corrected chi connectivity index (χ2v) is 8.56. The Morgan fingerprint density at radius 3 is 2.67 bits per heavy atom. The van der Waals surface area contributed by atoms with Crippen molar-refractivity contribution in [1.82, 2.24) is 19.6 Å². The van der Waals surface area contributed by atoms with E-state index in [1.165, 1.54) is 6.20 Å². The van der Waals surface area contributed by atoms with Crippen molar-refractivity contribution in [1.29, 1.82) is 5.26 Å². The van der Waals surface area contributed by atoms with Crippen molar-refractivity contribution in [3.05, 3.63) is 52.4 Å². The van der Waals surface area contributed by atoms with Gasteiger partial charge in [-0.3, -0.25) is 4.98 Å². The largest absolute Gasteiger partial charge is 0.436 e. The maximum absolute atomic E-state index is 13.8. The standard InChI is InChI=1S/C23H18ClF3N6O3/c24-12-1-2-14-15(3-4-29-17(14)7-12)19-18(11-35)30-21-16(8-28)20(23(25,26)27)31-33(21)22(19)32-9-13(10-32)36-6-5-34/h1-4,7,13,34-35H,5-6,9-11H2. The Balaban J connectivity index is 1.82. The van der Waals surface area contributed by atoms with Crippen molar-refractivity contribution in [3.63, 3.8) is 0 Å². The molecule has 0 bridgehead atoms. The van der Waals surface area contributed by atoms with Crippen LogP contribution in [0.4, 0.5) is 19.0 Å². The van der Waals surface area contributed by atoms with Crippen molar-refractivity contribution in [2.45, 2.75) is 18.9 Å². The van der Waals surface area contributed by atoms with Gasteiger partial charge in [0.05, 0.1) is 37.1 Å². The molecule has 2 N–H and O–H groups in total. The molecule has 1 aliphatic heterocycles. The molecule has 186 valence electrons. The zero-order valence-corrected chi connectivity index (χ0v) is 19.3. The summed E-state index contributed by atoms with van der Waals surface area (Å²) in [6.45, 7) is -0.0792. The molecular formula is C23H18ClF3N6O3. The molecular weight excluding hydrogens is 501 g/mol. The third-order valence-electron chi connectivity index (χ3n) is 5.91. The van der Waals surface area contributed by atoms with Gasteiger partial charge in [-0.05, 0) is 23.8 Å². The average molecular weight is 519 g/mol. The molecule has 1 saturated heterocycles. The molecule has 13 heteroatoms. The molecule has 3 aromatic heterocycles. The first-order valence-electron chi connectivity index (χ1n) is 10.8. The number of hydrogen-bond donors (Lipinski definition) is 2. The van der Waals surface area contributed by atoms with Crippen molar-refractivity contribution in [2.24, 2.45) is 0 Å². The van der Waals surface area contributed by atoms with E-state index in [0.717, 1.165) is 4.52 Å². The summed E-state index contributed by atoms with van der Waals surface area (Å²) in [5.74, 6) is 0.224. The molecule has 4 aromatic rings. The first-order valence-corrected chi connectivity index (χ1v) is 11.2. The van der Waals surface area contributed by atoms with Crippen LogP contribution in [0, 0.1) is 11.3 Å². The second-order valence-electron chi connectivity index (χ2n) is 8.13. The lowest BCUT2D eigenvalue weighted by Crippen LogP contribution is -2.53. The van der Waals surface area contributed by atoms with Gasteiger partial charge in [0.1, 0.15) is 17.5 Å². The number of aliphatic hydroxyl groups is 2. The monoisotopic (exact) mass is 518 g/mol. The van der Waals surface area contributed by atoms with Gasteiger partial charge in [-0.1, -0.05) is 17.7 Å². The van der Waals surface area contributed by atoms with Crippen molar-refractivity contribution in [2.75, 3.05) is 31.2 Å². The molecule has 1 aliphatic rings. The number of pyridine rings is 1. The normalized spacial score (nSPS) is 14.4. The van der Waals surface area contributed by atoms with Gasteiger partial charge in [-0.15, -0.1) is 0 Å². The zero-order chi connectivity index (χ0) is 25.6. The number of aliphatic hydroxyl groups excluding tert-OH is 2.